The highest BCUT2D eigenvalue weighted by Gasteiger charge is 2.55. The van der Waals surface area contributed by atoms with Gasteiger partial charge in [-0.15, -0.1) is 0 Å². The van der Waals surface area contributed by atoms with Crippen molar-refractivity contribution in [3.05, 3.63) is 33.7 Å². The van der Waals surface area contributed by atoms with E-state index in [0.29, 0.717) is 11.5 Å². The van der Waals surface area contributed by atoms with Crippen LogP contribution in [-0.2, 0) is 11.8 Å². The number of aromatic nitrogens is 1. The van der Waals surface area contributed by atoms with Crippen molar-refractivity contribution in [3.63, 3.8) is 0 Å². The number of nitrogens with one attached hydrogen (secondary N) is 2. The first kappa shape index (κ1) is 11.7. The lowest BCUT2D eigenvalue weighted by Gasteiger charge is -2.52. The number of H-pyrrole nitrogens is 1. The summed E-state index contributed by atoms with van der Waals surface area (Å²) in [4.78, 5) is 14.7. The van der Waals surface area contributed by atoms with Gasteiger partial charge in [-0.1, -0.05) is 13.0 Å². The van der Waals surface area contributed by atoms with E-state index in [4.69, 9.17) is 0 Å². The Kier molecular flexibility index (Phi) is 2.44. The maximum absolute atomic E-state index is 11.6. The molecular formula is C16H22N2O. The molecule has 1 aliphatic heterocycles. The quantitative estimate of drug-likeness (QED) is 0.747. The predicted octanol–water partition coefficient (Wildman–Crippen LogP) is 1.97. The number of fused-ring (bicyclic) bond motifs is 1. The fourth-order valence-corrected chi connectivity index (χ4v) is 5.16. The number of piperidine rings is 1. The molecule has 2 N–H and O–H groups in total. The molecule has 2 heterocycles. The van der Waals surface area contributed by atoms with E-state index in [1.54, 1.807) is 6.07 Å². The molecule has 1 spiro atoms. The van der Waals surface area contributed by atoms with Crippen LogP contribution in [0.4, 0.5) is 0 Å². The minimum absolute atomic E-state index is 0.0576. The zero-order chi connectivity index (χ0) is 13.0. The average Bonchev–Trinajstić information content (AvgIpc) is 2.68. The van der Waals surface area contributed by atoms with Crippen molar-refractivity contribution in [1.82, 2.24) is 10.3 Å². The van der Waals surface area contributed by atoms with Crippen LogP contribution in [0.2, 0.25) is 0 Å². The second-order valence-electron chi connectivity index (χ2n) is 6.84. The Morgan fingerprint density at radius 2 is 2.21 bits per heavy atom. The maximum atomic E-state index is 11.6. The summed E-state index contributed by atoms with van der Waals surface area (Å²) in [6.07, 6.45) is 6.24. The van der Waals surface area contributed by atoms with Crippen molar-refractivity contribution in [2.45, 2.75) is 50.5 Å². The highest BCUT2D eigenvalue weighted by Crippen LogP contribution is 2.55. The first-order valence-electron chi connectivity index (χ1n) is 7.66. The fourth-order valence-electron chi connectivity index (χ4n) is 5.16. The molecular weight excluding hydrogens is 236 g/mol. The summed E-state index contributed by atoms with van der Waals surface area (Å²) in [5, 5.41) is 3.78. The number of pyridine rings is 1. The van der Waals surface area contributed by atoms with Crippen molar-refractivity contribution in [1.29, 1.82) is 0 Å². The predicted molar refractivity (Wildman–Crippen MR) is 75.4 cm³/mol. The van der Waals surface area contributed by atoms with E-state index in [9.17, 15) is 4.79 Å². The third kappa shape index (κ3) is 1.51. The molecule has 0 aromatic carbocycles. The smallest absolute Gasteiger partial charge is 0.248 e. The lowest BCUT2D eigenvalue weighted by atomic mass is 9.57. The van der Waals surface area contributed by atoms with E-state index >= 15 is 0 Å². The Morgan fingerprint density at radius 3 is 3.11 bits per heavy atom. The van der Waals surface area contributed by atoms with Gasteiger partial charge in [0, 0.05) is 23.2 Å². The van der Waals surface area contributed by atoms with Gasteiger partial charge in [-0.2, -0.15) is 0 Å². The lowest BCUT2D eigenvalue weighted by molar-refractivity contribution is 0.0797. The third-order valence-electron chi connectivity index (χ3n) is 5.79. The lowest BCUT2D eigenvalue weighted by Crippen LogP contribution is -2.58. The largest absolute Gasteiger partial charge is 0.326 e. The Labute approximate surface area is 113 Å². The van der Waals surface area contributed by atoms with Crippen LogP contribution < -0.4 is 10.9 Å². The molecule has 0 bridgehead atoms. The summed E-state index contributed by atoms with van der Waals surface area (Å²) in [5.41, 5.74) is 3.04. The molecule has 1 aromatic rings. The third-order valence-corrected chi connectivity index (χ3v) is 5.79. The minimum Gasteiger partial charge on any atom is -0.326 e. The van der Waals surface area contributed by atoms with E-state index in [0.717, 1.165) is 24.8 Å². The zero-order valence-electron chi connectivity index (χ0n) is 11.5. The van der Waals surface area contributed by atoms with Gasteiger partial charge in [-0.3, -0.25) is 4.79 Å². The molecule has 3 aliphatic rings. The van der Waals surface area contributed by atoms with Crippen LogP contribution in [0, 0.1) is 11.8 Å². The molecule has 3 nitrogen and oxygen atoms in total. The molecule has 1 aromatic heterocycles. The van der Waals surface area contributed by atoms with Crippen molar-refractivity contribution in [2.75, 3.05) is 6.54 Å². The molecule has 102 valence electrons. The van der Waals surface area contributed by atoms with Gasteiger partial charge in [0.2, 0.25) is 5.56 Å². The van der Waals surface area contributed by atoms with Gasteiger partial charge in [-0.25, -0.2) is 0 Å². The molecule has 19 heavy (non-hydrogen) atoms. The van der Waals surface area contributed by atoms with Gasteiger partial charge >= 0.3 is 0 Å². The second-order valence-corrected chi connectivity index (χ2v) is 6.84. The summed E-state index contributed by atoms with van der Waals surface area (Å²) in [7, 11) is 0. The molecule has 1 unspecified atom stereocenters. The summed E-state index contributed by atoms with van der Waals surface area (Å²) < 4.78 is 0. The normalized spacial score (nSPS) is 40.4. The fraction of sp³-hybridized carbons (Fsp3) is 0.688. The minimum atomic E-state index is 0.0576. The molecule has 3 heteroatoms. The molecule has 1 saturated carbocycles. The average molecular weight is 258 g/mol. The van der Waals surface area contributed by atoms with Gasteiger partial charge in [0.25, 0.3) is 0 Å². The summed E-state index contributed by atoms with van der Waals surface area (Å²) >= 11 is 0. The molecule has 0 amide bonds. The van der Waals surface area contributed by atoms with Gasteiger partial charge < -0.3 is 10.3 Å². The summed E-state index contributed by atoms with van der Waals surface area (Å²) in [6.45, 7) is 3.54. The molecule has 0 radical (unpaired) electrons. The Hall–Kier alpha value is -1.09. The molecule has 4 atom stereocenters. The van der Waals surface area contributed by atoms with Crippen molar-refractivity contribution in [2.24, 2.45) is 11.8 Å². The molecule has 4 rings (SSSR count). The summed E-state index contributed by atoms with van der Waals surface area (Å²) in [6, 6.07) is 4.45. The van der Waals surface area contributed by atoms with Crippen LogP contribution in [0.15, 0.2) is 16.9 Å². The standard InChI is InChI=1S/C16H22N2O/c1-10-7-11-9-13-12(3-4-15(19)18-13)16(11)5-2-6-17-14(16)8-10/h3-4,10-11,14,17H,2,5-9H2,1H3,(H,18,19)/t10?,11-,14-,16-/m0/s1. The number of hydrogen-bond donors (Lipinski definition) is 2. The van der Waals surface area contributed by atoms with E-state index in [1.165, 1.54) is 36.9 Å². The van der Waals surface area contributed by atoms with Gasteiger partial charge in [0.15, 0.2) is 0 Å². The van der Waals surface area contributed by atoms with Crippen molar-refractivity contribution in [3.8, 4) is 0 Å². The monoisotopic (exact) mass is 258 g/mol. The van der Waals surface area contributed by atoms with Crippen LogP contribution in [0.3, 0.4) is 0 Å². The van der Waals surface area contributed by atoms with Gasteiger partial charge in [0.05, 0.1) is 0 Å². The Morgan fingerprint density at radius 1 is 1.32 bits per heavy atom. The molecule has 2 fully saturated rings. The Balaban J connectivity index is 1.88. The number of rotatable bonds is 0. The second kappa shape index (κ2) is 3.95. The first-order chi connectivity index (χ1) is 9.20. The highest BCUT2D eigenvalue weighted by atomic mass is 16.1. The first-order valence-corrected chi connectivity index (χ1v) is 7.66. The van der Waals surface area contributed by atoms with Crippen LogP contribution in [0.25, 0.3) is 0 Å². The topological polar surface area (TPSA) is 44.9 Å². The van der Waals surface area contributed by atoms with E-state index in [2.05, 4.69) is 23.3 Å². The zero-order valence-corrected chi connectivity index (χ0v) is 11.5. The van der Waals surface area contributed by atoms with Gasteiger partial charge in [0.1, 0.15) is 0 Å². The van der Waals surface area contributed by atoms with Crippen LogP contribution in [-0.4, -0.2) is 17.6 Å². The van der Waals surface area contributed by atoms with Crippen LogP contribution in [0.5, 0.6) is 0 Å². The number of aromatic amines is 1. The Bertz CT molecular complexity index is 564. The van der Waals surface area contributed by atoms with E-state index < -0.39 is 0 Å². The van der Waals surface area contributed by atoms with Gasteiger partial charge in [-0.05, 0) is 56.0 Å². The van der Waals surface area contributed by atoms with E-state index in [-0.39, 0.29) is 5.56 Å². The number of hydrogen-bond acceptors (Lipinski definition) is 2. The summed E-state index contributed by atoms with van der Waals surface area (Å²) in [5.74, 6) is 1.52. The molecule has 2 aliphatic carbocycles. The van der Waals surface area contributed by atoms with Crippen molar-refractivity contribution >= 4 is 0 Å². The van der Waals surface area contributed by atoms with Crippen LogP contribution >= 0.6 is 0 Å². The maximum Gasteiger partial charge on any atom is 0.248 e. The van der Waals surface area contributed by atoms with Crippen molar-refractivity contribution < 1.29 is 0 Å². The van der Waals surface area contributed by atoms with Crippen LogP contribution in [0.1, 0.15) is 43.9 Å². The molecule has 1 saturated heterocycles. The SMILES string of the molecule is CC1C[C@H]2Cc3[nH]c(=O)ccc3[C@]23CCCN[C@H]3C1. The highest BCUT2D eigenvalue weighted by molar-refractivity contribution is 5.40. The van der Waals surface area contributed by atoms with E-state index in [1.807, 2.05) is 0 Å².